The number of aromatic nitrogens is 3. The van der Waals surface area contributed by atoms with E-state index in [0.717, 1.165) is 61.3 Å². The lowest BCUT2D eigenvalue weighted by Crippen LogP contribution is -2.50. The summed E-state index contributed by atoms with van der Waals surface area (Å²) in [6, 6.07) is 9.75. The van der Waals surface area contributed by atoms with Crippen LogP contribution in [0.3, 0.4) is 0 Å². The van der Waals surface area contributed by atoms with Crippen molar-refractivity contribution in [2.75, 3.05) is 23.7 Å². The number of sulfonamides is 1. The Labute approximate surface area is 236 Å². The van der Waals surface area contributed by atoms with Gasteiger partial charge in [0, 0.05) is 29.9 Å². The molecule has 41 heavy (non-hydrogen) atoms. The first kappa shape index (κ1) is 27.3. The number of anilines is 2. The standard InChI is InChI=1S/C29H30F2N6O3S/c1-2-37-28-21(17-7-10-19(11-8-17)34-20-15-40-16-20)14-33-29(32)26(28)27(35-37)18-9-12-24(23(31)13-18)36-41(38,39)25-6-4-3-5-22(25)30/h3-7,9,12-14,19-20,34,36H,2,8,10-11,15-16H2,1H3,(H2,32,33)/t19-/m0/s1. The molecule has 1 saturated heterocycles. The van der Waals surface area contributed by atoms with Gasteiger partial charge in [-0.2, -0.15) is 5.10 Å². The molecule has 2 aliphatic rings. The second-order valence-electron chi connectivity index (χ2n) is 10.3. The van der Waals surface area contributed by atoms with Crippen molar-refractivity contribution in [1.29, 1.82) is 0 Å². The average molecular weight is 581 g/mol. The first-order valence-electron chi connectivity index (χ1n) is 13.5. The molecule has 6 rings (SSSR count). The second kappa shape index (κ2) is 10.8. The molecule has 0 bridgehead atoms. The Morgan fingerprint density at radius 2 is 1.93 bits per heavy atom. The summed E-state index contributed by atoms with van der Waals surface area (Å²) in [5, 5.41) is 9.01. The summed E-state index contributed by atoms with van der Waals surface area (Å²) < 4.78 is 64.0. The first-order chi connectivity index (χ1) is 19.7. The fourth-order valence-electron chi connectivity index (χ4n) is 5.41. The zero-order valence-electron chi connectivity index (χ0n) is 22.4. The number of hydrogen-bond acceptors (Lipinski definition) is 7. The molecule has 0 unspecified atom stereocenters. The van der Waals surface area contributed by atoms with Crippen molar-refractivity contribution in [3.8, 4) is 11.3 Å². The molecule has 1 aliphatic carbocycles. The fourth-order valence-corrected chi connectivity index (χ4v) is 6.55. The molecule has 0 saturated carbocycles. The Morgan fingerprint density at radius 3 is 2.59 bits per heavy atom. The van der Waals surface area contributed by atoms with Crippen LogP contribution in [-0.2, 0) is 21.3 Å². The summed E-state index contributed by atoms with van der Waals surface area (Å²) in [7, 11) is -4.34. The van der Waals surface area contributed by atoms with Crippen molar-refractivity contribution >= 4 is 38.0 Å². The van der Waals surface area contributed by atoms with Gasteiger partial charge >= 0.3 is 0 Å². The van der Waals surface area contributed by atoms with E-state index in [-0.39, 0.29) is 11.5 Å². The van der Waals surface area contributed by atoms with Gasteiger partial charge in [0.05, 0.1) is 35.8 Å². The van der Waals surface area contributed by atoms with Crippen LogP contribution >= 0.6 is 0 Å². The van der Waals surface area contributed by atoms with Crippen molar-refractivity contribution < 1.29 is 21.9 Å². The Hall–Kier alpha value is -3.87. The minimum absolute atomic E-state index is 0.268. The first-order valence-corrected chi connectivity index (χ1v) is 15.0. The minimum Gasteiger partial charge on any atom is -0.383 e. The minimum atomic E-state index is -4.34. The van der Waals surface area contributed by atoms with Crippen LogP contribution in [0, 0.1) is 11.6 Å². The van der Waals surface area contributed by atoms with Crippen molar-refractivity contribution in [2.45, 2.75) is 49.7 Å². The average Bonchev–Trinajstić information content (AvgIpc) is 3.33. The maximum absolute atomic E-state index is 15.3. The number of fused-ring (bicyclic) bond motifs is 1. The largest absolute Gasteiger partial charge is 0.383 e. The summed E-state index contributed by atoms with van der Waals surface area (Å²) in [6.45, 7) is 4.03. The normalized spacial score (nSPS) is 17.8. The van der Waals surface area contributed by atoms with E-state index in [1.807, 2.05) is 11.6 Å². The van der Waals surface area contributed by atoms with Gasteiger partial charge in [0.2, 0.25) is 0 Å². The van der Waals surface area contributed by atoms with Crippen LogP contribution in [0.5, 0.6) is 0 Å². The Morgan fingerprint density at radius 1 is 1.12 bits per heavy atom. The molecule has 4 N–H and O–H groups in total. The van der Waals surface area contributed by atoms with E-state index in [9.17, 15) is 12.8 Å². The van der Waals surface area contributed by atoms with Crippen LogP contribution in [-0.4, -0.2) is 48.5 Å². The maximum Gasteiger partial charge on any atom is 0.264 e. The van der Waals surface area contributed by atoms with Gasteiger partial charge in [-0.1, -0.05) is 24.3 Å². The van der Waals surface area contributed by atoms with Crippen molar-refractivity contribution in [1.82, 2.24) is 20.1 Å². The number of pyridine rings is 1. The summed E-state index contributed by atoms with van der Waals surface area (Å²) >= 11 is 0. The monoisotopic (exact) mass is 580 g/mol. The van der Waals surface area contributed by atoms with Gasteiger partial charge in [-0.05, 0) is 56.0 Å². The molecule has 0 amide bonds. The van der Waals surface area contributed by atoms with Gasteiger partial charge in [0.15, 0.2) is 0 Å². The molecule has 1 aliphatic heterocycles. The predicted molar refractivity (Wildman–Crippen MR) is 154 cm³/mol. The molecule has 2 aromatic heterocycles. The van der Waals surface area contributed by atoms with E-state index in [1.165, 1.54) is 24.3 Å². The number of halogens is 2. The molecule has 214 valence electrons. The SMILES string of the molecule is CCn1nc(-c2ccc(NS(=O)(=O)c3ccccc3F)c(F)c2)c2c(N)ncc(C3=CC[C@H](NC4COC4)CC3)c21. The maximum atomic E-state index is 15.3. The van der Waals surface area contributed by atoms with Gasteiger partial charge in [-0.3, -0.25) is 9.40 Å². The Kier molecular flexibility index (Phi) is 7.22. The van der Waals surface area contributed by atoms with E-state index < -0.39 is 26.6 Å². The van der Waals surface area contributed by atoms with Gasteiger partial charge in [-0.25, -0.2) is 22.2 Å². The molecular weight excluding hydrogens is 550 g/mol. The van der Waals surface area contributed by atoms with Gasteiger partial charge in [0.25, 0.3) is 10.0 Å². The van der Waals surface area contributed by atoms with Crippen molar-refractivity contribution in [2.24, 2.45) is 0 Å². The van der Waals surface area contributed by atoms with Crippen LogP contribution < -0.4 is 15.8 Å². The van der Waals surface area contributed by atoms with Crippen LogP contribution in [0.25, 0.3) is 27.7 Å². The smallest absolute Gasteiger partial charge is 0.264 e. The molecule has 1 atom stereocenters. The quantitative estimate of drug-likeness (QED) is 0.276. The lowest BCUT2D eigenvalue weighted by atomic mass is 9.89. The van der Waals surface area contributed by atoms with Crippen LogP contribution in [0.4, 0.5) is 20.3 Å². The van der Waals surface area contributed by atoms with E-state index in [0.29, 0.717) is 35.3 Å². The van der Waals surface area contributed by atoms with Gasteiger partial charge in [-0.15, -0.1) is 0 Å². The van der Waals surface area contributed by atoms with Crippen LogP contribution in [0.2, 0.25) is 0 Å². The molecule has 4 aromatic rings. The summed E-state index contributed by atoms with van der Waals surface area (Å²) in [5.74, 6) is -1.50. The molecule has 3 heterocycles. The number of nitrogens with one attached hydrogen (secondary N) is 2. The van der Waals surface area contributed by atoms with E-state index in [4.69, 9.17) is 15.6 Å². The third kappa shape index (κ3) is 5.18. The number of aryl methyl sites for hydroxylation is 1. The third-order valence-electron chi connectivity index (χ3n) is 7.58. The Bertz CT molecular complexity index is 1770. The zero-order valence-corrected chi connectivity index (χ0v) is 23.2. The number of nitrogens with two attached hydrogens (primary N) is 1. The van der Waals surface area contributed by atoms with Gasteiger partial charge < -0.3 is 15.8 Å². The highest BCUT2D eigenvalue weighted by molar-refractivity contribution is 7.92. The van der Waals surface area contributed by atoms with Crippen LogP contribution in [0.15, 0.2) is 59.6 Å². The fraction of sp³-hybridized carbons (Fsp3) is 0.310. The van der Waals surface area contributed by atoms with Crippen molar-refractivity contribution in [3.05, 3.63) is 71.9 Å². The number of allylic oxidation sites excluding steroid dienone is 1. The lowest BCUT2D eigenvalue weighted by molar-refractivity contribution is -0.0103. The highest BCUT2D eigenvalue weighted by Gasteiger charge is 2.26. The van der Waals surface area contributed by atoms with Crippen molar-refractivity contribution in [3.63, 3.8) is 0 Å². The molecular formula is C29H30F2N6O3S. The molecule has 0 radical (unpaired) electrons. The topological polar surface area (TPSA) is 124 Å². The number of nitrogens with zero attached hydrogens (tertiary/aromatic N) is 3. The van der Waals surface area contributed by atoms with Gasteiger partial charge in [0.1, 0.15) is 28.0 Å². The van der Waals surface area contributed by atoms with E-state index in [2.05, 4.69) is 21.1 Å². The van der Waals surface area contributed by atoms with E-state index in [1.54, 1.807) is 12.3 Å². The predicted octanol–water partition coefficient (Wildman–Crippen LogP) is 4.70. The molecule has 12 heteroatoms. The second-order valence-corrected chi connectivity index (χ2v) is 11.9. The summed E-state index contributed by atoms with van der Waals surface area (Å²) in [4.78, 5) is 3.90. The molecule has 2 aromatic carbocycles. The third-order valence-corrected chi connectivity index (χ3v) is 8.97. The number of ether oxygens (including phenoxy) is 1. The highest BCUT2D eigenvalue weighted by atomic mass is 32.2. The number of rotatable bonds is 8. The molecule has 0 spiro atoms. The molecule has 9 nitrogen and oxygen atoms in total. The zero-order chi connectivity index (χ0) is 28.7. The number of nitrogen functional groups attached to an aromatic ring is 1. The number of benzene rings is 2. The lowest BCUT2D eigenvalue weighted by Gasteiger charge is -2.33. The van der Waals surface area contributed by atoms with E-state index >= 15 is 4.39 Å². The Balaban J connectivity index is 1.34. The number of hydrogen-bond donors (Lipinski definition) is 3. The highest BCUT2D eigenvalue weighted by Crippen LogP contribution is 2.39. The summed E-state index contributed by atoms with van der Waals surface area (Å²) in [5.41, 5.74) is 9.82. The molecule has 1 fully saturated rings. The summed E-state index contributed by atoms with van der Waals surface area (Å²) in [6.07, 6.45) is 6.74. The van der Waals surface area contributed by atoms with Crippen LogP contribution in [0.1, 0.15) is 31.7 Å².